The highest BCUT2D eigenvalue weighted by Gasteiger charge is 2.30. The van der Waals surface area contributed by atoms with Gasteiger partial charge in [-0.15, -0.1) is 0 Å². The zero-order valence-corrected chi connectivity index (χ0v) is 13.3. The van der Waals surface area contributed by atoms with Crippen LogP contribution in [-0.2, 0) is 19.1 Å². The SMILES string of the molecule is Cc1cccc(CCNC(=O)NCc2cccc(C(F)(F)F)c2)c1. The third kappa shape index (κ3) is 5.61. The Hall–Kier alpha value is -2.50. The van der Waals surface area contributed by atoms with Gasteiger partial charge in [0.25, 0.3) is 0 Å². The molecule has 0 aromatic heterocycles. The lowest BCUT2D eigenvalue weighted by molar-refractivity contribution is -0.137. The molecule has 2 aromatic rings. The number of carbonyl (C=O) groups excluding carboxylic acids is 1. The first kappa shape index (κ1) is 17.8. The summed E-state index contributed by atoms with van der Waals surface area (Å²) >= 11 is 0. The van der Waals surface area contributed by atoms with E-state index in [0.717, 1.165) is 23.3 Å². The highest BCUT2D eigenvalue weighted by atomic mass is 19.4. The maximum absolute atomic E-state index is 12.6. The van der Waals surface area contributed by atoms with Crippen LogP contribution in [0.3, 0.4) is 0 Å². The Morgan fingerprint density at radius 1 is 1.00 bits per heavy atom. The van der Waals surface area contributed by atoms with Gasteiger partial charge in [0.2, 0.25) is 0 Å². The van der Waals surface area contributed by atoms with E-state index in [0.29, 0.717) is 18.5 Å². The molecule has 6 heteroatoms. The van der Waals surface area contributed by atoms with Gasteiger partial charge in [0.1, 0.15) is 0 Å². The minimum absolute atomic E-state index is 0.0419. The van der Waals surface area contributed by atoms with E-state index in [1.54, 1.807) is 6.07 Å². The van der Waals surface area contributed by atoms with Crippen molar-refractivity contribution < 1.29 is 18.0 Å². The largest absolute Gasteiger partial charge is 0.416 e. The lowest BCUT2D eigenvalue weighted by Gasteiger charge is -2.10. The smallest absolute Gasteiger partial charge is 0.338 e. The summed E-state index contributed by atoms with van der Waals surface area (Å²) in [6, 6.07) is 12.5. The van der Waals surface area contributed by atoms with E-state index >= 15 is 0 Å². The number of hydrogen-bond acceptors (Lipinski definition) is 1. The van der Waals surface area contributed by atoms with Gasteiger partial charge in [-0.2, -0.15) is 13.2 Å². The molecule has 0 saturated heterocycles. The van der Waals surface area contributed by atoms with Crippen molar-refractivity contribution in [2.24, 2.45) is 0 Å². The van der Waals surface area contributed by atoms with E-state index in [9.17, 15) is 18.0 Å². The van der Waals surface area contributed by atoms with Crippen LogP contribution in [0.2, 0.25) is 0 Å². The molecule has 2 amide bonds. The average Bonchev–Trinajstić information content (AvgIpc) is 2.52. The van der Waals surface area contributed by atoms with Crippen LogP contribution in [0, 0.1) is 6.92 Å². The zero-order chi connectivity index (χ0) is 17.6. The van der Waals surface area contributed by atoms with Gasteiger partial charge < -0.3 is 10.6 Å². The molecular formula is C18H19F3N2O. The highest BCUT2D eigenvalue weighted by Crippen LogP contribution is 2.29. The summed E-state index contributed by atoms with van der Waals surface area (Å²) in [4.78, 5) is 11.7. The first-order valence-electron chi connectivity index (χ1n) is 7.58. The van der Waals surface area contributed by atoms with Crippen LogP contribution in [0.1, 0.15) is 22.3 Å². The van der Waals surface area contributed by atoms with Crippen molar-refractivity contribution in [3.8, 4) is 0 Å². The number of carbonyl (C=O) groups is 1. The quantitative estimate of drug-likeness (QED) is 0.849. The van der Waals surface area contributed by atoms with Crippen molar-refractivity contribution >= 4 is 6.03 Å². The van der Waals surface area contributed by atoms with Crippen molar-refractivity contribution in [3.05, 3.63) is 70.8 Å². The van der Waals surface area contributed by atoms with Gasteiger partial charge in [0, 0.05) is 13.1 Å². The van der Waals surface area contributed by atoms with Gasteiger partial charge in [0.05, 0.1) is 5.56 Å². The summed E-state index contributed by atoms with van der Waals surface area (Å²) in [6.45, 7) is 2.50. The minimum atomic E-state index is -4.38. The second kappa shape index (κ2) is 7.86. The van der Waals surface area contributed by atoms with Crippen molar-refractivity contribution in [3.63, 3.8) is 0 Å². The van der Waals surface area contributed by atoms with Crippen LogP contribution in [0.4, 0.5) is 18.0 Å². The summed E-state index contributed by atoms with van der Waals surface area (Å²) in [5.41, 5.74) is 1.95. The van der Waals surface area contributed by atoms with E-state index < -0.39 is 17.8 Å². The fraction of sp³-hybridized carbons (Fsp3) is 0.278. The fourth-order valence-corrected chi connectivity index (χ4v) is 2.29. The molecule has 0 saturated carbocycles. The van der Waals surface area contributed by atoms with Crippen LogP contribution >= 0.6 is 0 Å². The fourth-order valence-electron chi connectivity index (χ4n) is 2.29. The van der Waals surface area contributed by atoms with Crippen molar-refractivity contribution in [2.45, 2.75) is 26.1 Å². The predicted octanol–water partition coefficient (Wildman–Crippen LogP) is 4.06. The number of halogens is 3. The zero-order valence-electron chi connectivity index (χ0n) is 13.3. The van der Waals surface area contributed by atoms with Crippen LogP contribution < -0.4 is 10.6 Å². The Kier molecular flexibility index (Phi) is 5.84. The lowest BCUT2D eigenvalue weighted by atomic mass is 10.1. The third-order valence-corrected chi connectivity index (χ3v) is 3.49. The molecule has 0 fully saturated rings. The topological polar surface area (TPSA) is 41.1 Å². The van der Waals surface area contributed by atoms with Gasteiger partial charge in [-0.1, -0.05) is 42.0 Å². The van der Waals surface area contributed by atoms with Crippen LogP contribution in [0.5, 0.6) is 0 Å². The molecule has 3 nitrogen and oxygen atoms in total. The number of hydrogen-bond donors (Lipinski definition) is 2. The molecule has 128 valence electrons. The molecule has 2 aromatic carbocycles. The molecule has 0 aliphatic heterocycles. The minimum Gasteiger partial charge on any atom is -0.338 e. The van der Waals surface area contributed by atoms with E-state index in [-0.39, 0.29) is 6.54 Å². The lowest BCUT2D eigenvalue weighted by Crippen LogP contribution is -2.36. The normalized spacial score (nSPS) is 11.2. The molecule has 0 atom stereocenters. The number of aryl methyl sites for hydroxylation is 1. The van der Waals surface area contributed by atoms with Gasteiger partial charge in [0.15, 0.2) is 0 Å². The molecule has 0 radical (unpaired) electrons. The predicted molar refractivity (Wildman–Crippen MR) is 86.6 cm³/mol. The summed E-state index contributed by atoms with van der Waals surface area (Å²) in [5.74, 6) is 0. The Labute approximate surface area is 138 Å². The summed E-state index contributed by atoms with van der Waals surface area (Å²) < 4.78 is 37.9. The second-order valence-corrected chi connectivity index (χ2v) is 5.55. The number of rotatable bonds is 5. The summed E-state index contributed by atoms with van der Waals surface area (Å²) in [6.07, 6.45) is -3.69. The first-order valence-corrected chi connectivity index (χ1v) is 7.58. The molecule has 0 heterocycles. The van der Waals surface area contributed by atoms with Crippen molar-refractivity contribution in [1.29, 1.82) is 0 Å². The summed E-state index contributed by atoms with van der Waals surface area (Å²) in [7, 11) is 0. The van der Waals surface area contributed by atoms with E-state index in [1.165, 1.54) is 6.07 Å². The van der Waals surface area contributed by atoms with E-state index in [4.69, 9.17) is 0 Å². The number of benzene rings is 2. The molecule has 0 bridgehead atoms. The van der Waals surface area contributed by atoms with Crippen molar-refractivity contribution in [1.82, 2.24) is 10.6 Å². The number of amides is 2. The van der Waals surface area contributed by atoms with Gasteiger partial charge in [-0.25, -0.2) is 4.79 Å². The molecule has 0 spiro atoms. The molecule has 0 aliphatic carbocycles. The first-order chi connectivity index (χ1) is 11.3. The Morgan fingerprint density at radius 2 is 1.71 bits per heavy atom. The molecule has 0 aliphatic rings. The Bertz CT molecular complexity index is 699. The van der Waals surface area contributed by atoms with Gasteiger partial charge in [-0.3, -0.25) is 0 Å². The van der Waals surface area contributed by atoms with Crippen LogP contribution in [0.25, 0.3) is 0 Å². The second-order valence-electron chi connectivity index (χ2n) is 5.55. The summed E-state index contributed by atoms with van der Waals surface area (Å²) in [5, 5.41) is 5.25. The molecular weight excluding hydrogens is 317 g/mol. The maximum Gasteiger partial charge on any atom is 0.416 e. The third-order valence-electron chi connectivity index (χ3n) is 3.49. The number of urea groups is 1. The number of nitrogens with one attached hydrogen (secondary N) is 2. The Morgan fingerprint density at radius 3 is 2.42 bits per heavy atom. The maximum atomic E-state index is 12.6. The van der Waals surface area contributed by atoms with E-state index in [2.05, 4.69) is 10.6 Å². The molecule has 2 N–H and O–H groups in total. The monoisotopic (exact) mass is 336 g/mol. The highest BCUT2D eigenvalue weighted by molar-refractivity contribution is 5.73. The van der Waals surface area contributed by atoms with E-state index in [1.807, 2.05) is 31.2 Å². The molecule has 2 rings (SSSR count). The number of alkyl halides is 3. The Balaban J connectivity index is 1.77. The standard InChI is InChI=1S/C18H19F3N2O/c1-13-4-2-5-14(10-13)8-9-22-17(24)23-12-15-6-3-7-16(11-15)18(19,20)21/h2-7,10-11H,8-9,12H2,1H3,(H2,22,23,24). The van der Waals surface area contributed by atoms with Gasteiger partial charge >= 0.3 is 12.2 Å². The van der Waals surface area contributed by atoms with Gasteiger partial charge in [-0.05, 0) is 36.6 Å². The average molecular weight is 336 g/mol. The van der Waals surface area contributed by atoms with Crippen LogP contribution in [0.15, 0.2) is 48.5 Å². The molecule has 0 unspecified atom stereocenters. The molecule has 24 heavy (non-hydrogen) atoms. The van der Waals surface area contributed by atoms with Crippen molar-refractivity contribution in [2.75, 3.05) is 6.54 Å². The van der Waals surface area contributed by atoms with Crippen LogP contribution in [-0.4, -0.2) is 12.6 Å².